The van der Waals surface area contributed by atoms with Crippen LogP contribution in [0.2, 0.25) is 5.02 Å². The fourth-order valence-corrected chi connectivity index (χ4v) is 3.80. The molecule has 0 saturated carbocycles. The molecule has 4 rings (SSSR count). The lowest BCUT2D eigenvalue weighted by atomic mass is 10.1. The van der Waals surface area contributed by atoms with Gasteiger partial charge in [-0.1, -0.05) is 35.1 Å². The van der Waals surface area contributed by atoms with Gasteiger partial charge in [-0.05, 0) is 30.3 Å². The minimum atomic E-state index is -0.486. The highest BCUT2D eigenvalue weighted by Gasteiger charge is 2.36. The molecular weight excluding hydrogens is 362 g/mol. The number of nitrogens with zero attached hydrogens (tertiary/aromatic N) is 2. The Bertz CT molecular complexity index is 1010. The molecule has 1 N–H and O–H groups in total. The van der Waals surface area contributed by atoms with Gasteiger partial charge in [0, 0.05) is 5.02 Å². The van der Waals surface area contributed by atoms with Crippen LogP contribution >= 0.6 is 22.9 Å². The van der Waals surface area contributed by atoms with Crippen molar-refractivity contribution in [2.75, 3.05) is 11.9 Å². The molecule has 6 nitrogen and oxygen atoms in total. The van der Waals surface area contributed by atoms with E-state index in [0.717, 1.165) is 9.60 Å². The summed E-state index contributed by atoms with van der Waals surface area (Å²) in [5.74, 6) is -1.42. The third-order valence-corrected chi connectivity index (χ3v) is 4.95. The molecule has 2 heterocycles. The quantitative estimate of drug-likeness (QED) is 0.717. The molecule has 3 aromatic rings. The summed E-state index contributed by atoms with van der Waals surface area (Å²) in [4.78, 5) is 42.0. The van der Waals surface area contributed by atoms with E-state index in [2.05, 4.69) is 10.3 Å². The number of amides is 3. The van der Waals surface area contributed by atoms with Crippen LogP contribution in [0.1, 0.15) is 20.7 Å². The highest BCUT2D eigenvalue weighted by Crippen LogP contribution is 2.28. The molecule has 8 heteroatoms. The van der Waals surface area contributed by atoms with Crippen molar-refractivity contribution in [1.82, 2.24) is 9.88 Å². The maximum atomic E-state index is 12.3. The monoisotopic (exact) mass is 371 g/mol. The minimum Gasteiger partial charge on any atom is -0.300 e. The van der Waals surface area contributed by atoms with Gasteiger partial charge >= 0.3 is 0 Å². The largest absolute Gasteiger partial charge is 0.300 e. The second kappa shape index (κ2) is 5.94. The van der Waals surface area contributed by atoms with Crippen molar-refractivity contribution in [2.45, 2.75) is 0 Å². The Morgan fingerprint density at radius 2 is 1.80 bits per heavy atom. The number of rotatable bonds is 3. The molecule has 0 fully saturated rings. The maximum Gasteiger partial charge on any atom is 0.262 e. The van der Waals surface area contributed by atoms with E-state index in [0.29, 0.717) is 26.8 Å². The number of imide groups is 1. The van der Waals surface area contributed by atoms with Crippen LogP contribution in [0, 0.1) is 0 Å². The summed E-state index contributed by atoms with van der Waals surface area (Å²) in [6.45, 7) is -0.358. The van der Waals surface area contributed by atoms with Crippen molar-refractivity contribution in [3.05, 3.63) is 58.6 Å². The van der Waals surface area contributed by atoms with Gasteiger partial charge < -0.3 is 5.32 Å². The first-order chi connectivity index (χ1) is 12.0. The van der Waals surface area contributed by atoms with Crippen LogP contribution < -0.4 is 5.32 Å². The molecule has 0 radical (unpaired) electrons. The predicted molar refractivity (Wildman–Crippen MR) is 95.1 cm³/mol. The van der Waals surface area contributed by atoms with Crippen molar-refractivity contribution in [3.63, 3.8) is 0 Å². The summed E-state index contributed by atoms with van der Waals surface area (Å²) < 4.78 is 0.837. The number of carbonyl (C=O) groups is 3. The molecule has 0 bridgehead atoms. The SMILES string of the molecule is O=C(CN1C(=O)c2ccccc2C1=O)Nc1nc2ccc(Cl)cc2s1. The third-order valence-electron chi connectivity index (χ3n) is 3.78. The number of thiazole rings is 1. The molecule has 124 valence electrons. The third kappa shape index (κ3) is 2.77. The molecule has 1 aliphatic heterocycles. The average molecular weight is 372 g/mol. The molecule has 0 spiro atoms. The van der Waals surface area contributed by atoms with E-state index in [4.69, 9.17) is 11.6 Å². The topological polar surface area (TPSA) is 79.4 Å². The molecule has 0 atom stereocenters. The van der Waals surface area contributed by atoms with Crippen molar-refractivity contribution in [1.29, 1.82) is 0 Å². The minimum absolute atomic E-state index is 0.315. The lowest BCUT2D eigenvalue weighted by Crippen LogP contribution is -2.37. The Balaban J connectivity index is 1.51. The molecular formula is C17H10ClN3O3S. The van der Waals surface area contributed by atoms with Crippen molar-refractivity contribution >= 4 is 56.0 Å². The summed E-state index contributed by atoms with van der Waals surface area (Å²) in [5.41, 5.74) is 1.34. The molecule has 0 saturated heterocycles. The number of benzene rings is 2. The van der Waals surface area contributed by atoms with Gasteiger partial charge in [0.2, 0.25) is 5.91 Å². The van der Waals surface area contributed by atoms with Gasteiger partial charge in [-0.2, -0.15) is 0 Å². The van der Waals surface area contributed by atoms with Gasteiger partial charge in [-0.25, -0.2) is 4.98 Å². The summed E-state index contributed by atoms with van der Waals surface area (Å²) in [6.07, 6.45) is 0. The number of fused-ring (bicyclic) bond motifs is 2. The second-order valence-corrected chi connectivity index (χ2v) is 6.89. The van der Waals surface area contributed by atoms with Crippen LogP contribution in [-0.4, -0.2) is 34.2 Å². The fourth-order valence-electron chi connectivity index (χ4n) is 2.64. The zero-order valence-corrected chi connectivity index (χ0v) is 14.2. The molecule has 0 unspecified atom stereocenters. The van der Waals surface area contributed by atoms with Crippen molar-refractivity contribution in [2.24, 2.45) is 0 Å². The lowest BCUT2D eigenvalue weighted by molar-refractivity contribution is -0.116. The first-order valence-corrected chi connectivity index (χ1v) is 8.53. The van der Waals surface area contributed by atoms with Gasteiger partial charge in [0.25, 0.3) is 11.8 Å². The first kappa shape index (κ1) is 15.7. The van der Waals surface area contributed by atoms with Crippen LogP contribution in [0.15, 0.2) is 42.5 Å². The second-order valence-electron chi connectivity index (χ2n) is 5.42. The van der Waals surface area contributed by atoms with E-state index in [1.54, 1.807) is 42.5 Å². The summed E-state index contributed by atoms with van der Waals surface area (Å²) >= 11 is 7.20. The number of halogens is 1. The van der Waals surface area contributed by atoms with E-state index in [1.807, 2.05) is 0 Å². The van der Waals surface area contributed by atoms with E-state index in [1.165, 1.54) is 11.3 Å². The van der Waals surface area contributed by atoms with E-state index >= 15 is 0 Å². The normalized spacial score (nSPS) is 13.4. The molecule has 2 aromatic carbocycles. The van der Waals surface area contributed by atoms with Crippen LogP contribution in [0.4, 0.5) is 5.13 Å². The van der Waals surface area contributed by atoms with Gasteiger partial charge in [0.15, 0.2) is 5.13 Å². The Morgan fingerprint density at radius 3 is 2.48 bits per heavy atom. The Morgan fingerprint density at radius 1 is 1.12 bits per heavy atom. The van der Waals surface area contributed by atoms with Crippen molar-refractivity contribution in [3.8, 4) is 0 Å². The Kier molecular flexibility index (Phi) is 3.74. The van der Waals surface area contributed by atoms with Gasteiger partial charge in [0.05, 0.1) is 21.3 Å². The Hall–Kier alpha value is -2.77. The molecule has 25 heavy (non-hydrogen) atoms. The van der Waals surface area contributed by atoms with E-state index in [-0.39, 0.29) is 6.54 Å². The van der Waals surface area contributed by atoms with Crippen LogP contribution in [0.3, 0.4) is 0 Å². The van der Waals surface area contributed by atoms with E-state index < -0.39 is 17.7 Å². The number of nitrogens with one attached hydrogen (secondary N) is 1. The molecule has 1 aliphatic rings. The van der Waals surface area contributed by atoms with Gasteiger partial charge in [0.1, 0.15) is 6.54 Å². The summed E-state index contributed by atoms with van der Waals surface area (Å²) in [7, 11) is 0. The van der Waals surface area contributed by atoms with Crippen LogP contribution in [0.25, 0.3) is 10.2 Å². The van der Waals surface area contributed by atoms with Crippen molar-refractivity contribution < 1.29 is 14.4 Å². The molecule has 0 aliphatic carbocycles. The zero-order valence-electron chi connectivity index (χ0n) is 12.7. The molecule has 3 amide bonds. The van der Waals surface area contributed by atoms with Crippen LogP contribution in [0.5, 0.6) is 0 Å². The molecule has 1 aromatic heterocycles. The standard InChI is InChI=1S/C17H10ClN3O3S/c18-9-5-6-12-13(7-9)25-17(19-12)20-14(22)8-21-15(23)10-3-1-2-4-11(10)16(21)24/h1-7H,8H2,(H,19,20,22). The van der Waals surface area contributed by atoms with Gasteiger partial charge in [-0.15, -0.1) is 0 Å². The fraction of sp³-hybridized carbons (Fsp3) is 0.0588. The number of carbonyl (C=O) groups excluding carboxylic acids is 3. The van der Waals surface area contributed by atoms with E-state index in [9.17, 15) is 14.4 Å². The Labute approximate surface area is 151 Å². The highest BCUT2D eigenvalue weighted by molar-refractivity contribution is 7.22. The number of hydrogen-bond acceptors (Lipinski definition) is 5. The number of aromatic nitrogens is 1. The summed E-state index contributed by atoms with van der Waals surface area (Å²) in [6, 6.07) is 11.7. The van der Waals surface area contributed by atoms with Gasteiger partial charge in [-0.3, -0.25) is 19.3 Å². The number of hydrogen-bond donors (Lipinski definition) is 1. The maximum absolute atomic E-state index is 12.3. The zero-order chi connectivity index (χ0) is 17.6. The summed E-state index contributed by atoms with van der Waals surface area (Å²) in [5, 5.41) is 3.60. The lowest BCUT2D eigenvalue weighted by Gasteiger charge is -2.12. The highest BCUT2D eigenvalue weighted by atomic mass is 35.5. The smallest absolute Gasteiger partial charge is 0.262 e. The van der Waals surface area contributed by atoms with Crippen LogP contribution in [-0.2, 0) is 4.79 Å². The predicted octanol–water partition coefficient (Wildman–Crippen LogP) is 3.18. The number of anilines is 1. The first-order valence-electron chi connectivity index (χ1n) is 7.34. The average Bonchev–Trinajstić information content (AvgIpc) is 3.09.